The first-order valence-corrected chi connectivity index (χ1v) is 8.27. The van der Waals surface area contributed by atoms with Crippen molar-refractivity contribution < 1.29 is 5.11 Å². The molecule has 126 valence electrons. The number of hydrogen-bond donors (Lipinski definition) is 2. The van der Waals surface area contributed by atoms with E-state index in [-0.39, 0.29) is 0 Å². The fraction of sp³-hybridized carbons (Fsp3) is 0.211. The predicted molar refractivity (Wildman–Crippen MR) is 96.6 cm³/mol. The smallest absolute Gasteiger partial charge is 0.182 e. The Kier molecular flexibility index (Phi) is 4.13. The van der Waals surface area contributed by atoms with Crippen molar-refractivity contribution in [2.75, 3.05) is 11.4 Å². The van der Waals surface area contributed by atoms with Crippen LogP contribution in [0.1, 0.15) is 12.0 Å². The van der Waals surface area contributed by atoms with Crippen LogP contribution in [-0.4, -0.2) is 33.0 Å². The lowest BCUT2D eigenvalue weighted by Gasteiger charge is -2.32. The number of fused-ring (bicyclic) bond motifs is 1. The molecule has 1 aliphatic heterocycles. The van der Waals surface area contributed by atoms with Gasteiger partial charge in [0.2, 0.25) is 0 Å². The van der Waals surface area contributed by atoms with E-state index in [1.54, 1.807) is 17.3 Å². The Morgan fingerprint density at radius 2 is 1.68 bits per heavy atom. The lowest BCUT2D eigenvalue weighted by Crippen LogP contribution is -2.45. The summed E-state index contributed by atoms with van der Waals surface area (Å²) in [7, 11) is 0. The molecule has 4 heterocycles. The molecule has 0 saturated carbocycles. The number of aromatic nitrogens is 3. The number of pyridine rings is 3. The summed E-state index contributed by atoms with van der Waals surface area (Å²) in [6, 6.07) is 8.15. The van der Waals surface area contributed by atoms with Crippen LogP contribution in [0, 0.1) is 0 Å². The average Bonchev–Trinajstić information content (AvgIpc) is 2.68. The second-order valence-corrected chi connectivity index (χ2v) is 6.12. The lowest BCUT2D eigenvalue weighted by atomic mass is 9.99. The van der Waals surface area contributed by atoms with Crippen LogP contribution in [0.4, 0.5) is 5.82 Å². The van der Waals surface area contributed by atoms with Crippen LogP contribution in [0.2, 0.25) is 0 Å². The van der Waals surface area contributed by atoms with Gasteiger partial charge in [0.15, 0.2) is 6.35 Å². The summed E-state index contributed by atoms with van der Waals surface area (Å²) in [5.74, 6) is 0.767. The Morgan fingerprint density at radius 1 is 0.960 bits per heavy atom. The van der Waals surface area contributed by atoms with Gasteiger partial charge in [-0.3, -0.25) is 15.7 Å². The molecule has 25 heavy (non-hydrogen) atoms. The van der Waals surface area contributed by atoms with Gasteiger partial charge in [-0.25, -0.2) is 4.98 Å². The van der Waals surface area contributed by atoms with Gasteiger partial charge in [0.25, 0.3) is 0 Å². The molecule has 4 rings (SSSR count). The SMILES string of the molecule is NC(O)N1CCCc2cc(-c3cncc(-c4ccncc4)c3)cnc21. The van der Waals surface area contributed by atoms with Gasteiger partial charge in [-0.05, 0) is 48.2 Å². The third kappa shape index (κ3) is 3.09. The summed E-state index contributed by atoms with van der Waals surface area (Å²) < 4.78 is 0. The standard InChI is InChI=1S/C19H19N5O/c20-19(25)24-7-1-2-14-8-17(12-23-18(14)24)16-9-15(10-22-11-16)13-3-5-21-6-4-13/h3-6,8-12,19,25H,1-2,7,20H2. The minimum Gasteiger partial charge on any atom is -0.361 e. The maximum atomic E-state index is 9.72. The van der Waals surface area contributed by atoms with Crippen molar-refractivity contribution in [2.24, 2.45) is 5.73 Å². The highest BCUT2D eigenvalue weighted by molar-refractivity contribution is 5.72. The lowest BCUT2D eigenvalue weighted by molar-refractivity contribution is 0.173. The van der Waals surface area contributed by atoms with E-state index < -0.39 is 6.35 Å². The third-order valence-corrected chi connectivity index (χ3v) is 4.46. The molecule has 0 aliphatic carbocycles. The second-order valence-electron chi connectivity index (χ2n) is 6.12. The van der Waals surface area contributed by atoms with E-state index in [1.165, 1.54) is 0 Å². The number of aliphatic hydroxyl groups excluding tert-OH is 1. The van der Waals surface area contributed by atoms with Crippen LogP contribution in [-0.2, 0) is 6.42 Å². The molecule has 0 aromatic carbocycles. The van der Waals surface area contributed by atoms with Gasteiger partial charge >= 0.3 is 0 Å². The summed E-state index contributed by atoms with van der Waals surface area (Å²) in [6.07, 6.45) is 9.90. The van der Waals surface area contributed by atoms with Crippen molar-refractivity contribution in [3.8, 4) is 22.3 Å². The number of aryl methyl sites for hydroxylation is 1. The van der Waals surface area contributed by atoms with Crippen LogP contribution < -0.4 is 10.6 Å². The van der Waals surface area contributed by atoms with Gasteiger partial charge < -0.3 is 10.0 Å². The van der Waals surface area contributed by atoms with Crippen molar-refractivity contribution in [3.05, 3.63) is 60.8 Å². The highest BCUT2D eigenvalue weighted by Gasteiger charge is 2.22. The number of aliphatic hydroxyl groups is 1. The summed E-state index contributed by atoms with van der Waals surface area (Å²) in [4.78, 5) is 14.7. The normalized spacial score (nSPS) is 14.9. The summed E-state index contributed by atoms with van der Waals surface area (Å²) in [5.41, 5.74) is 10.9. The van der Waals surface area contributed by atoms with Crippen LogP contribution in [0.15, 0.2) is 55.2 Å². The van der Waals surface area contributed by atoms with Gasteiger partial charge in [-0.15, -0.1) is 0 Å². The molecule has 6 heteroatoms. The molecule has 0 amide bonds. The topological polar surface area (TPSA) is 88.2 Å². The van der Waals surface area contributed by atoms with Gasteiger partial charge in [0.1, 0.15) is 5.82 Å². The first-order valence-electron chi connectivity index (χ1n) is 8.27. The molecule has 3 aromatic rings. The quantitative estimate of drug-likeness (QED) is 0.714. The van der Waals surface area contributed by atoms with Gasteiger partial charge in [-0.1, -0.05) is 0 Å². The molecule has 1 atom stereocenters. The van der Waals surface area contributed by atoms with Gasteiger partial charge in [0, 0.05) is 54.2 Å². The molecule has 1 aliphatic rings. The fourth-order valence-corrected chi connectivity index (χ4v) is 3.21. The van der Waals surface area contributed by atoms with E-state index in [0.29, 0.717) is 0 Å². The van der Waals surface area contributed by atoms with E-state index in [2.05, 4.69) is 27.1 Å². The zero-order chi connectivity index (χ0) is 17.2. The van der Waals surface area contributed by atoms with Gasteiger partial charge in [0.05, 0.1) is 0 Å². The molecule has 0 fully saturated rings. The number of nitrogens with zero attached hydrogens (tertiary/aromatic N) is 4. The summed E-state index contributed by atoms with van der Waals surface area (Å²) in [5, 5.41) is 9.72. The molecule has 1 unspecified atom stereocenters. The number of anilines is 1. The van der Waals surface area contributed by atoms with Crippen molar-refractivity contribution in [1.82, 2.24) is 15.0 Å². The third-order valence-electron chi connectivity index (χ3n) is 4.46. The molecule has 3 N–H and O–H groups in total. The van der Waals surface area contributed by atoms with Crippen molar-refractivity contribution >= 4 is 5.82 Å². The van der Waals surface area contributed by atoms with Crippen LogP contribution in [0.25, 0.3) is 22.3 Å². The molecule has 0 saturated heterocycles. The second kappa shape index (κ2) is 6.58. The van der Waals surface area contributed by atoms with E-state index in [1.807, 2.05) is 30.7 Å². The Balaban J connectivity index is 1.71. The van der Waals surface area contributed by atoms with Crippen LogP contribution >= 0.6 is 0 Å². The largest absolute Gasteiger partial charge is 0.361 e. The fourth-order valence-electron chi connectivity index (χ4n) is 3.21. The van der Waals surface area contributed by atoms with Gasteiger partial charge in [-0.2, -0.15) is 0 Å². The zero-order valence-electron chi connectivity index (χ0n) is 13.7. The Labute approximate surface area is 146 Å². The van der Waals surface area contributed by atoms with E-state index in [4.69, 9.17) is 5.73 Å². The van der Waals surface area contributed by atoms with Crippen molar-refractivity contribution in [2.45, 2.75) is 19.2 Å². The van der Waals surface area contributed by atoms with E-state index in [0.717, 1.165) is 53.0 Å². The molecule has 0 spiro atoms. The highest BCUT2D eigenvalue weighted by atomic mass is 16.3. The maximum Gasteiger partial charge on any atom is 0.182 e. The van der Waals surface area contributed by atoms with E-state index >= 15 is 0 Å². The molecular weight excluding hydrogens is 314 g/mol. The molecule has 3 aromatic heterocycles. The van der Waals surface area contributed by atoms with Crippen molar-refractivity contribution in [1.29, 1.82) is 0 Å². The molecule has 6 nitrogen and oxygen atoms in total. The van der Waals surface area contributed by atoms with Crippen molar-refractivity contribution in [3.63, 3.8) is 0 Å². The molecule has 0 bridgehead atoms. The monoisotopic (exact) mass is 333 g/mol. The first-order chi connectivity index (χ1) is 12.2. The molecule has 0 radical (unpaired) electrons. The zero-order valence-corrected chi connectivity index (χ0v) is 13.7. The average molecular weight is 333 g/mol. The first kappa shape index (κ1) is 15.7. The highest BCUT2D eigenvalue weighted by Crippen LogP contribution is 2.31. The minimum atomic E-state index is -1.02. The number of rotatable bonds is 3. The molecular formula is C19H19N5O. The Bertz CT molecular complexity index is 882. The predicted octanol–water partition coefficient (Wildman–Crippen LogP) is 2.19. The summed E-state index contributed by atoms with van der Waals surface area (Å²) in [6.45, 7) is 0.718. The maximum absolute atomic E-state index is 9.72. The minimum absolute atomic E-state index is 0.718. The van der Waals surface area contributed by atoms with Crippen LogP contribution in [0.3, 0.4) is 0 Å². The van der Waals surface area contributed by atoms with Crippen LogP contribution in [0.5, 0.6) is 0 Å². The van der Waals surface area contributed by atoms with E-state index in [9.17, 15) is 5.11 Å². The summed E-state index contributed by atoms with van der Waals surface area (Å²) >= 11 is 0. The Morgan fingerprint density at radius 3 is 2.44 bits per heavy atom. The number of hydrogen-bond acceptors (Lipinski definition) is 6. The number of nitrogens with two attached hydrogens (primary N) is 1. The Hall–Kier alpha value is -2.83.